The van der Waals surface area contributed by atoms with E-state index in [1.54, 1.807) is 6.08 Å². The van der Waals surface area contributed by atoms with Crippen LogP contribution in [0.3, 0.4) is 0 Å². The standard InChI is InChI=1S/C11H14N2O2/c1-15-11(14)7-3-5-9-4-2-6-10(8-9)13-12/h2-6,8,13H,7,12H2,1H3. The van der Waals surface area contributed by atoms with Crippen molar-refractivity contribution in [3.05, 3.63) is 35.9 Å². The number of nitrogens with one attached hydrogen (secondary N) is 1. The van der Waals surface area contributed by atoms with E-state index in [0.717, 1.165) is 11.3 Å². The molecular formula is C11H14N2O2. The van der Waals surface area contributed by atoms with Gasteiger partial charge in [-0.25, -0.2) is 0 Å². The average molecular weight is 206 g/mol. The van der Waals surface area contributed by atoms with Crippen molar-refractivity contribution in [2.75, 3.05) is 12.5 Å². The fourth-order valence-corrected chi connectivity index (χ4v) is 1.11. The van der Waals surface area contributed by atoms with Crippen LogP contribution >= 0.6 is 0 Å². The molecule has 1 aromatic rings. The number of benzene rings is 1. The molecule has 0 unspecified atom stereocenters. The Labute approximate surface area is 88.7 Å². The second kappa shape index (κ2) is 5.82. The van der Waals surface area contributed by atoms with E-state index in [1.165, 1.54) is 7.11 Å². The summed E-state index contributed by atoms with van der Waals surface area (Å²) in [5.74, 6) is 5.02. The van der Waals surface area contributed by atoms with E-state index >= 15 is 0 Å². The van der Waals surface area contributed by atoms with E-state index in [2.05, 4.69) is 10.2 Å². The highest BCUT2D eigenvalue weighted by Crippen LogP contribution is 2.10. The van der Waals surface area contributed by atoms with E-state index in [4.69, 9.17) is 5.84 Å². The maximum atomic E-state index is 10.8. The molecule has 0 saturated carbocycles. The fraction of sp³-hybridized carbons (Fsp3) is 0.182. The lowest BCUT2D eigenvalue weighted by Crippen LogP contribution is -2.06. The monoisotopic (exact) mass is 206 g/mol. The summed E-state index contributed by atoms with van der Waals surface area (Å²) in [5.41, 5.74) is 4.36. The molecule has 1 rings (SSSR count). The third kappa shape index (κ3) is 3.83. The molecule has 0 aliphatic carbocycles. The number of hydrogen-bond acceptors (Lipinski definition) is 4. The van der Waals surface area contributed by atoms with E-state index in [-0.39, 0.29) is 12.4 Å². The molecule has 1 aromatic carbocycles. The molecule has 15 heavy (non-hydrogen) atoms. The second-order valence-corrected chi connectivity index (χ2v) is 2.95. The summed E-state index contributed by atoms with van der Waals surface area (Å²) in [5, 5.41) is 0. The molecular weight excluding hydrogens is 192 g/mol. The highest BCUT2D eigenvalue weighted by molar-refractivity contribution is 5.72. The number of carbonyl (C=O) groups excluding carboxylic acids is 1. The van der Waals surface area contributed by atoms with E-state index in [9.17, 15) is 4.79 Å². The predicted octanol–water partition coefficient (Wildman–Crippen LogP) is 1.55. The van der Waals surface area contributed by atoms with Crippen LogP contribution in [0.4, 0.5) is 5.69 Å². The summed E-state index contributed by atoms with van der Waals surface area (Å²) in [6, 6.07) is 7.55. The maximum Gasteiger partial charge on any atom is 0.309 e. The molecule has 0 bridgehead atoms. The number of rotatable bonds is 4. The molecule has 0 heterocycles. The van der Waals surface area contributed by atoms with Gasteiger partial charge in [0, 0.05) is 5.69 Å². The van der Waals surface area contributed by atoms with E-state index in [1.807, 2.05) is 30.3 Å². The lowest BCUT2D eigenvalue weighted by atomic mass is 10.2. The molecule has 80 valence electrons. The number of carbonyl (C=O) groups is 1. The van der Waals surface area contributed by atoms with Gasteiger partial charge in [-0.05, 0) is 17.7 Å². The van der Waals surface area contributed by atoms with Gasteiger partial charge < -0.3 is 10.2 Å². The molecule has 0 aliphatic rings. The Hall–Kier alpha value is -1.81. The van der Waals surface area contributed by atoms with Crippen molar-refractivity contribution < 1.29 is 9.53 Å². The fourth-order valence-electron chi connectivity index (χ4n) is 1.11. The number of nitrogen functional groups attached to an aromatic ring is 1. The first kappa shape index (κ1) is 11.3. The smallest absolute Gasteiger partial charge is 0.309 e. The van der Waals surface area contributed by atoms with Crippen LogP contribution in [-0.4, -0.2) is 13.1 Å². The topological polar surface area (TPSA) is 64.3 Å². The summed E-state index contributed by atoms with van der Waals surface area (Å²) in [7, 11) is 1.37. The van der Waals surface area contributed by atoms with Crippen LogP contribution in [0.15, 0.2) is 30.3 Å². The van der Waals surface area contributed by atoms with Crippen LogP contribution in [0, 0.1) is 0 Å². The highest BCUT2D eigenvalue weighted by Gasteiger charge is 1.94. The summed E-state index contributed by atoms with van der Waals surface area (Å²) < 4.78 is 4.51. The third-order valence-corrected chi connectivity index (χ3v) is 1.88. The molecule has 3 N–H and O–H groups in total. The van der Waals surface area contributed by atoms with Gasteiger partial charge in [0.05, 0.1) is 13.5 Å². The molecule has 0 aromatic heterocycles. The third-order valence-electron chi connectivity index (χ3n) is 1.88. The Morgan fingerprint density at radius 1 is 1.60 bits per heavy atom. The molecule has 0 radical (unpaired) electrons. The minimum absolute atomic E-state index is 0.251. The zero-order valence-electron chi connectivity index (χ0n) is 8.57. The summed E-state index contributed by atoms with van der Waals surface area (Å²) in [4.78, 5) is 10.8. The number of nitrogens with two attached hydrogens (primary N) is 1. The van der Waals surface area contributed by atoms with Gasteiger partial charge in [0.25, 0.3) is 0 Å². The quantitative estimate of drug-likeness (QED) is 0.445. The summed E-state index contributed by atoms with van der Waals surface area (Å²) >= 11 is 0. The largest absolute Gasteiger partial charge is 0.469 e. The normalized spacial score (nSPS) is 10.3. The maximum absolute atomic E-state index is 10.8. The predicted molar refractivity (Wildman–Crippen MR) is 59.9 cm³/mol. The van der Waals surface area contributed by atoms with Crippen LogP contribution in [0.1, 0.15) is 12.0 Å². The number of methoxy groups -OCH3 is 1. The van der Waals surface area contributed by atoms with E-state index in [0.29, 0.717) is 0 Å². The zero-order valence-corrected chi connectivity index (χ0v) is 8.57. The zero-order chi connectivity index (χ0) is 11.1. The Kier molecular flexibility index (Phi) is 4.37. The SMILES string of the molecule is COC(=O)CC=Cc1cccc(NN)c1. The first-order valence-electron chi connectivity index (χ1n) is 4.56. The van der Waals surface area contributed by atoms with Crippen LogP contribution in [-0.2, 0) is 9.53 Å². The van der Waals surface area contributed by atoms with Crippen molar-refractivity contribution in [2.45, 2.75) is 6.42 Å². The van der Waals surface area contributed by atoms with Gasteiger partial charge in [-0.1, -0.05) is 24.3 Å². The van der Waals surface area contributed by atoms with Crippen molar-refractivity contribution in [1.29, 1.82) is 0 Å². The lowest BCUT2D eigenvalue weighted by Gasteiger charge is -2.00. The molecule has 0 spiro atoms. The molecule has 0 atom stereocenters. The van der Waals surface area contributed by atoms with Crippen LogP contribution < -0.4 is 11.3 Å². The van der Waals surface area contributed by atoms with Crippen molar-refractivity contribution in [2.24, 2.45) is 5.84 Å². The first-order valence-corrected chi connectivity index (χ1v) is 4.56. The molecule has 0 amide bonds. The molecule has 0 aliphatic heterocycles. The summed E-state index contributed by atoms with van der Waals surface area (Å²) in [6.45, 7) is 0. The molecule has 4 heteroatoms. The van der Waals surface area contributed by atoms with Gasteiger partial charge in [0.15, 0.2) is 0 Å². The van der Waals surface area contributed by atoms with Crippen molar-refractivity contribution in [3.63, 3.8) is 0 Å². The van der Waals surface area contributed by atoms with Crippen LogP contribution in [0.25, 0.3) is 6.08 Å². The highest BCUT2D eigenvalue weighted by atomic mass is 16.5. The summed E-state index contributed by atoms with van der Waals surface area (Å²) in [6.07, 6.45) is 3.87. The molecule has 0 saturated heterocycles. The first-order chi connectivity index (χ1) is 7.26. The van der Waals surface area contributed by atoms with Crippen LogP contribution in [0.2, 0.25) is 0 Å². The van der Waals surface area contributed by atoms with Crippen molar-refractivity contribution in [3.8, 4) is 0 Å². The lowest BCUT2D eigenvalue weighted by molar-refractivity contribution is -0.139. The number of ether oxygens (including phenoxy) is 1. The van der Waals surface area contributed by atoms with E-state index < -0.39 is 0 Å². The Morgan fingerprint density at radius 2 is 2.40 bits per heavy atom. The Bertz CT molecular complexity index is 361. The van der Waals surface area contributed by atoms with Gasteiger partial charge in [-0.2, -0.15) is 0 Å². The Morgan fingerprint density at radius 3 is 3.07 bits per heavy atom. The minimum Gasteiger partial charge on any atom is -0.469 e. The Balaban J connectivity index is 2.59. The average Bonchev–Trinajstić information content (AvgIpc) is 2.29. The van der Waals surface area contributed by atoms with Gasteiger partial charge in [-0.15, -0.1) is 0 Å². The van der Waals surface area contributed by atoms with Gasteiger partial charge >= 0.3 is 5.97 Å². The number of esters is 1. The number of anilines is 1. The number of hydrazine groups is 1. The molecule has 0 fully saturated rings. The molecule has 4 nitrogen and oxygen atoms in total. The van der Waals surface area contributed by atoms with Crippen LogP contribution in [0.5, 0.6) is 0 Å². The minimum atomic E-state index is -0.251. The van der Waals surface area contributed by atoms with Crippen molar-refractivity contribution in [1.82, 2.24) is 0 Å². The van der Waals surface area contributed by atoms with Gasteiger partial charge in [-0.3, -0.25) is 10.6 Å². The van der Waals surface area contributed by atoms with Gasteiger partial charge in [0.2, 0.25) is 0 Å². The van der Waals surface area contributed by atoms with Crippen molar-refractivity contribution >= 4 is 17.7 Å². The number of hydrogen-bond donors (Lipinski definition) is 2. The van der Waals surface area contributed by atoms with Gasteiger partial charge in [0.1, 0.15) is 0 Å². The second-order valence-electron chi connectivity index (χ2n) is 2.95.